The van der Waals surface area contributed by atoms with Gasteiger partial charge in [-0.25, -0.2) is 0 Å². The first kappa shape index (κ1) is 12.6. The van der Waals surface area contributed by atoms with E-state index < -0.39 is 0 Å². The highest BCUT2D eigenvalue weighted by molar-refractivity contribution is 5.95. The van der Waals surface area contributed by atoms with Gasteiger partial charge < -0.3 is 9.84 Å². The van der Waals surface area contributed by atoms with Crippen molar-refractivity contribution in [2.45, 2.75) is 43.6 Å². The molecule has 1 N–H and O–H groups in total. The second-order valence-corrected chi connectivity index (χ2v) is 6.09. The minimum atomic E-state index is -0.0865. The van der Waals surface area contributed by atoms with Crippen LogP contribution in [0.15, 0.2) is 29.2 Å². The maximum Gasteiger partial charge on any atom is 0.256 e. The minimum absolute atomic E-state index is 0.0348. The number of aromatic nitrogens is 3. The molecule has 6 nitrogen and oxygen atoms in total. The standard InChI is InChI=1S/C15H18N4O2/c20-14(12-9-18-21-13(12)11-3-1-4-11)16-10-15(5-6-15)19-8-2-7-17-19/h2,7-9,11H,1,3-6,10H2,(H,16,20). The SMILES string of the molecule is O=C(NCC1(n2cccn2)CC1)c1cnoc1C1CCC1. The van der Waals surface area contributed by atoms with E-state index in [0.717, 1.165) is 31.4 Å². The molecular formula is C15H18N4O2. The Bertz CT molecular complexity index is 638. The minimum Gasteiger partial charge on any atom is -0.360 e. The molecule has 2 aromatic heterocycles. The fraction of sp³-hybridized carbons (Fsp3) is 0.533. The summed E-state index contributed by atoms with van der Waals surface area (Å²) in [6, 6.07) is 1.91. The van der Waals surface area contributed by atoms with Gasteiger partial charge in [0.15, 0.2) is 5.76 Å². The van der Waals surface area contributed by atoms with Crippen molar-refractivity contribution in [2.24, 2.45) is 0 Å². The topological polar surface area (TPSA) is 73.0 Å². The van der Waals surface area contributed by atoms with E-state index in [1.165, 1.54) is 12.6 Å². The van der Waals surface area contributed by atoms with Crippen LogP contribution < -0.4 is 5.32 Å². The average Bonchev–Trinajstić information content (AvgIpc) is 2.88. The lowest BCUT2D eigenvalue weighted by Crippen LogP contribution is -2.36. The predicted molar refractivity (Wildman–Crippen MR) is 74.9 cm³/mol. The van der Waals surface area contributed by atoms with Crippen LogP contribution in [0.3, 0.4) is 0 Å². The van der Waals surface area contributed by atoms with Crippen LogP contribution in [0.25, 0.3) is 0 Å². The molecule has 4 rings (SSSR count). The number of rotatable bonds is 5. The highest BCUT2D eigenvalue weighted by atomic mass is 16.5. The molecule has 6 heteroatoms. The molecule has 0 bridgehead atoms. The van der Waals surface area contributed by atoms with Crippen molar-refractivity contribution in [2.75, 3.05) is 6.54 Å². The zero-order valence-electron chi connectivity index (χ0n) is 11.8. The zero-order chi connectivity index (χ0) is 14.3. The van der Waals surface area contributed by atoms with Gasteiger partial charge in [-0.05, 0) is 31.7 Å². The van der Waals surface area contributed by atoms with Crippen LogP contribution in [0, 0.1) is 0 Å². The molecule has 0 spiro atoms. The predicted octanol–water partition coefficient (Wildman–Crippen LogP) is 2.06. The monoisotopic (exact) mass is 286 g/mol. The Balaban J connectivity index is 1.44. The highest BCUT2D eigenvalue weighted by Crippen LogP contribution is 2.42. The molecule has 0 saturated heterocycles. The van der Waals surface area contributed by atoms with Gasteiger partial charge in [0.05, 0.1) is 11.7 Å². The van der Waals surface area contributed by atoms with Crippen molar-refractivity contribution in [1.82, 2.24) is 20.3 Å². The number of hydrogen-bond acceptors (Lipinski definition) is 4. The molecule has 2 saturated carbocycles. The van der Waals surface area contributed by atoms with Crippen LogP contribution in [-0.2, 0) is 5.54 Å². The van der Waals surface area contributed by atoms with Gasteiger partial charge in [0, 0.05) is 24.9 Å². The Labute approximate surface area is 122 Å². The number of hydrogen-bond donors (Lipinski definition) is 1. The number of amides is 1. The third-order valence-corrected chi connectivity index (χ3v) is 4.71. The first-order valence-corrected chi connectivity index (χ1v) is 7.51. The summed E-state index contributed by atoms with van der Waals surface area (Å²) in [5.74, 6) is 1.04. The molecule has 21 heavy (non-hydrogen) atoms. The lowest BCUT2D eigenvalue weighted by atomic mass is 9.82. The Morgan fingerprint density at radius 2 is 2.33 bits per heavy atom. The molecule has 0 aliphatic heterocycles. The van der Waals surface area contributed by atoms with Gasteiger partial charge in [0.25, 0.3) is 5.91 Å². The molecule has 0 radical (unpaired) electrons. The Hall–Kier alpha value is -2.11. The van der Waals surface area contributed by atoms with Crippen molar-refractivity contribution >= 4 is 5.91 Å². The Kier molecular flexibility index (Phi) is 2.83. The fourth-order valence-electron chi connectivity index (χ4n) is 2.90. The van der Waals surface area contributed by atoms with Crippen LogP contribution in [0.1, 0.15) is 54.1 Å². The van der Waals surface area contributed by atoms with Crippen LogP contribution in [0.2, 0.25) is 0 Å². The van der Waals surface area contributed by atoms with Crippen LogP contribution in [0.5, 0.6) is 0 Å². The Morgan fingerprint density at radius 1 is 1.48 bits per heavy atom. The van der Waals surface area contributed by atoms with E-state index in [0.29, 0.717) is 18.0 Å². The third kappa shape index (κ3) is 2.14. The zero-order valence-corrected chi connectivity index (χ0v) is 11.8. The van der Waals surface area contributed by atoms with E-state index in [9.17, 15) is 4.79 Å². The van der Waals surface area contributed by atoms with E-state index in [4.69, 9.17) is 4.52 Å². The van der Waals surface area contributed by atoms with Crippen molar-refractivity contribution in [1.29, 1.82) is 0 Å². The smallest absolute Gasteiger partial charge is 0.256 e. The van der Waals surface area contributed by atoms with Gasteiger partial charge in [-0.15, -0.1) is 0 Å². The second kappa shape index (κ2) is 4.72. The van der Waals surface area contributed by atoms with Crippen LogP contribution in [0.4, 0.5) is 0 Å². The molecule has 0 atom stereocenters. The number of nitrogens with zero attached hydrogens (tertiary/aromatic N) is 3. The van der Waals surface area contributed by atoms with E-state index >= 15 is 0 Å². The molecule has 110 valence electrons. The van der Waals surface area contributed by atoms with Gasteiger partial charge in [-0.1, -0.05) is 11.6 Å². The van der Waals surface area contributed by atoms with Crippen molar-refractivity contribution in [3.8, 4) is 0 Å². The van der Waals surface area contributed by atoms with E-state index in [1.807, 2.05) is 16.9 Å². The summed E-state index contributed by atoms with van der Waals surface area (Å²) >= 11 is 0. The molecule has 2 heterocycles. The summed E-state index contributed by atoms with van der Waals surface area (Å²) < 4.78 is 7.23. The maximum atomic E-state index is 12.4. The van der Waals surface area contributed by atoms with Gasteiger partial charge in [0.1, 0.15) is 5.56 Å². The summed E-state index contributed by atoms with van der Waals surface area (Å²) in [5, 5.41) is 11.1. The molecule has 2 aliphatic rings. The van der Waals surface area contributed by atoms with E-state index in [1.54, 1.807) is 6.20 Å². The third-order valence-electron chi connectivity index (χ3n) is 4.71. The molecule has 2 aliphatic carbocycles. The van der Waals surface area contributed by atoms with Gasteiger partial charge in [-0.3, -0.25) is 9.48 Å². The summed E-state index contributed by atoms with van der Waals surface area (Å²) in [6.45, 7) is 0.600. The van der Waals surface area contributed by atoms with Gasteiger partial charge >= 0.3 is 0 Å². The van der Waals surface area contributed by atoms with E-state index in [-0.39, 0.29) is 11.4 Å². The van der Waals surface area contributed by atoms with Crippen molar-refractivity contribution in [3.63, 3.8) is 0 Å². The number of carbonyl (C=O) groups excluding carboxylic acids is 1. The molecule has 2 fully saturated rings. The van der Waals surface area contributed by atoms with Crippen molar-refractivity contribution in [3.05, 3.63) is 36.0 Å². The number of carbonyl (C=O) groups is 1. The Morgan fingerprint density at radius 3 is 2.95 bits per heavy atom. The van der Waals surface area contributed by atoms with Gasteiger partial charge in [-0.2, -0.15) is 5.10 Å². The molecule has 1 amide bonds. The summed E-state index contributed by atoms with van der Waals surface area (Å²) in [5.41, 5.74) is 0.559. The summed E-state index contributed by atoms with van der Waals surface area (Å²) in [7, 11) is 0. The summed E-state index contributed by atoms with van der Waals surface area (Å²) in [6.07, 6.45) is 10.8. The molecule has 2 aromatic rings. The first-order valence-electron chi connectivity index (χ1n) is 7.51. The fourth-order valence-corrected chi connectivity index (χ4v) is 2.90. The quantitative estimate of drug-likeness (QED) is 0.913. The highest BCUT2D eigenvalue weighted by Gasteiger charge is 2.45. The second-order valence-electron chi connectivity index (χ2n) is 6.09. The lowest BCUT2D eigenvalue weighted by molar-refractivity contribution is 0.0940. The number of nitrogens with one attached hydrogen (secondary N) is 1. The largest absolute Gasteiger partial charge is 0.360 e. The van der Waals surface area contributed by atoms with Crippen LogP contribution >= 0.6 is 0 Å². The average molecular weight is 286 g/mol. The molecule has 0 unspecified atom stereocenters. The molecular weight excluding hydrogens is 268 g/mol. The lowest BCUT2D eigenvalue weighted by Gasteiger charge is -2.23. The molecule has 0 aromatic carbocycles. The van der Waals surface area contributed by atoms with E-state index in [2.05, 4.69) is 15.6 Å². The summed E-state index contributed by atoms with van der Waals surface area (Å²) in [4.78, 5) is 12.4. The van der Waals surface area contributed by atoms with Gasteiger partial charge in [0.2, 0.25) is 0 Å². The van der Waals surface area contributed by atoms with Crippen LogP contribution in [-0.4, -0.2) is 27.4 Å². The normalized spacial score (nSPS) is 20.0. The van der Waals surface area contributed by atoms with Crippen molar-refractivity contribution < 1.29 is 9.32 Å². The maximum absolute atomic E-state index is 12.4. The first-order chi connectivity index (χ1) is 10.3.